The molecule has 120 valence electrons. The summed E-state index contributed by atoms with van der Waals surface area (Å²) in [5.41, 5.74) is 0.708. The van der Waals surface area contributed by atoms with Crippen LogP contribution in [0.25, 0.3) is 0 Å². The van der Waals surface area contributed by atoms with Crippen LogP contribution in [0.4, 0.5) is 0 Å². The molecule has 0 bridgehead atoms. The third-order valence-corrected chi connectivity index (χ3v) is 5.68. The summed E-state index contributed by atoms with van der Waals surface area (Å²) in [5.74, 6) is 1.05. The van der Waals surface area contributed by atoms with Crippen molar-refractivity contribution in [3.8, 4) is 0 Å². The van der Waals surface area contributed by atoms with Crippen molar-refractivity contribution in [3.63, 3.8) is 0 Å². The van der Waals surface area contributed by atoms with Gasteiger partial charge in [-0.3, -0.25) is 9.89 Å². The maximum Gasteiger partial charge on any atom is 0.224 e. The van der Waals surface area contributed by atoms with Crippen LogP contribution in [0.5, 0.6) is 0 Å². The van der Waals surface area contributed by atoms with Crippen molar-refractivity contribution < 1.29 is 4.79 Å². The highest BCUT2D eigenvalue weighted by Gasteiger charge is 2.49. The maximum atomic E-state index is 12.6. The van der Waals surface area contributed by atoms with E-state index in [1.165, 1.54) is 6.33 Å². The summed E-state index contributed by atoms with van der Waals surface area (Å²) < 4.78 is 0. The van der Waals surface area contributed by atoms with Crippen molar-refractivity contribution in [1.82, 2.24) is 20.5 Å². The van der Waals surface area contributed by atoms with E-state index in [1.54, 1.807) is 6.07 Å². The van der Waals surface area contributed by atoms with Gasteiger partial charge in [0.15, 0.2) is 0 Å². The number of nitrogens with zero attached hydrogens (tertiary/aromatic N) is 2. The van der Waals surface area contributed by atoms with E-state index in [0.29, 0.717) is 10.0 Å². The molecular weight excluding hydrogens is 335 g/mol. The minimum Gasteiger partial charge on any atom is -0.343 e. The molecule has 0 saturated heterocycles. The molecule has 0 spiro atoms. The van der Waals surface area contributed by atoms with Gasteiger partial charge in [0, 0.05) is 5.92 Å². The first-order chi connectivity index (χ1) is 11.1. The van der Waals surface area contributed by atoms with Crippen LogP contribution >= 0.6 is 23.2 Å². The lowest BCUT2D eigenvalue weighted by molar-refractivity contribution is -0.125. The summed E-state index contributed by atoms with van der Waals surface area (Å²) in [6.45, 7) is 0. The van der Waals surface area contributed by atoms with E-state index in [2.05, 4.69) is 20.5 Å². The van der Waals surface area contributed by atoms with Crippen molar-refractivity contribution >= 4 is 29.1 Å². The summed E-state index contributed by atoms with van der Waals surface area (Å²) in [7, 11) is 0. The van der Waals surface area contributed by atoms with Crippen molar-refractivity contribution in [2.75, 3.05) is 0 Å². The van der Waals surface area contributed by atoms with Crippen LogP contribution in [0.3, 0.4) is 0 Å². The Kier molecular flexibility index (Phi) is 3.58. The molecule has 4 rings (SSSR count). The average molecular weight is 351 g/mol. The molecule has 5 nitrogen and oxygen atoms in total. The highest BCUT2D eigenvalue weighted by atomic mass is 35.5. The Morgan fingerprint density at radius 2 is 2.13 bits per heavy atom. The largest absolute Gasteiger partial charge is 0.343 e. The van der Waals surface area contributed by atoms with Gasteiger partial charge in [0.25, 0.3) is 0 Å². The van der Waals surface area contributed by atoms with E-state index in [-0.39, 0.29) is 23.3 Å². The summed E-state index contributed by atoms with van der Waals surface area (Å²) in [4.78, 5) is 16.8. The number of carbonyl (C=O) groups excluding carboxylic acids is 1. The van der Waals surface area contributed by atoms with Crippen LogP contribution in [-0.4, -0.2) is 21.1 Å². The van der Waals surface area contributed by atoms with Gasteiger partial charge in [-0.1, -0.05) is 29.3 Å². The summed E-state index contributed by atoms with van der Waals surface area (Å²) in [6.07, 6.45) is 5.21. The number of halogens is 2. The van der Waals surface area contributed by atoms with Gasteiger partial charge in [-0.15, -0.1) is 0 Å². The molecule has 23 heavy (non-hydrogen) atoms. The zero-order chi connectivity index (χ0) is 16.0. The van der Waals surface area contributed by atoms with Gasteiger partial charge in [-0.25, -0.2) is 4.98 Å². The number of rotatable bonds is 4. The molecule has 1 amide bonds. The first kappa shape index (κ1) is 15.0. The summed E-state index contributed by atoms with van der Waals surface area (Å²) >= 11 is 12.0. The van der Waals surface area contributed by atoms with Gasteiger partial charge in [-0.2, -0.15) is 5.10 Å². The lowest BCUT2D eigenvalue weighted by Crippen LogP contribution is -2.52. The van der Waals surface area contributed by atoms with E-state index in [0.717, 1.165) is 37.1 Å². The number of aromatic nitrogens is 3. The standard InChI is InChI=1S/C16H16Cl2N4O/c17-12-3-2-9(6-13(12)18)10-7-11(10)14(23)21-16(4-1-5-16)15-19-8-20-22-15/h2-3,6,8,10-11H,1,4-5,7H2,(H,21,23)(H,19,20,22)/t10-,11+/m0/s1. The number of benzene rings is 1. The minimum absolute atomic E-state index is 0.00682. The second-order valence-corrected chi connectivity index (χ2v) is 7.20. The van der Waals surface area contributed by atoms with Crippen molar-refractivity contribution in [2.45, 2.75) is 37.1 Å². The van der Waals surface area contributed by atoms with Crippen LogP contribution < -0.4 is 5.32 Å². The molecule has 7 heteroatoms. The number of amides is 1. The number of nitrogens with one attached hydrogen (secondary N) is 2. The van der Waals surface area contributed by atoms with E-state index in [9.17, 15) is 4.79 Å². The summed E-state index contributed by atoms with van der Waals surface area (Å²) in [6, 6.07) is 5.59. The smallest absolute Gasteiger partial charge is 0.224 e. The number of aromatic amines is 1. The normalized spacial score (nSPS) is 24.8. The molecular formula is C16H16Cl2N4O. The fourth-order valence-corrected chi connectivity index (χ4v) is 3.62. The van der Waals surface area contributed by atoms with Gasteiger partial charge < -0.3 is 5.32 Å². The molecule has 0 radical (unpaired) electrons. The van der Waals surface area contributed by atoms with Gasteiger partial charge in [-0.05, 0) is 49.3 Å². The zero-order valence-electron chi connectivity index (χ0n) is 12.4. The van der Waals surface area contributed by atoms with E-state index >= 15 is 0 Å². The zero-order valence-corrected chi connectivity index (χ0v) is 13.9. The number of hydrogen-bond acceptors (Lipinski definition) is 3. The second-order valence-electron chi connectivity index (χ2n) is 6.38. The van der Waals surface area contributed by atoms with Crippen LogP contribution in [-0.2, 0) is 10.3 Å². The molecule has 2 aromatic rings. The number of hydrogen-bond donors (Lipinski definition) is 2. The number of carbonyl (C=O) groups is 1. The van der Waals surface area contributed by atoms with E-state index in [4.69, 9.17) is 23.2 Å². The average Bonchev–Trinajstić information content (AvgIpc) is 3.11. The Bertz CT molecular complexity index is 743. The fraction of sp³-hybridized carbons (Fsp3) is 0.438. The number of H-pyrrole nitrogens is 1. The Morgan fingerprint density at radius 1 is 1.30 bits per heavy atom. The predicted molar refractivity (Wildman–Crippen MR) is 87.4 cm³/mol. The first-order valence-electron chi connectivity index (χ1n) is 7.72. The molecule has 0 unspecified atom stereocenters. The van der Waals surface area contributed by atoms with Crippen LogP contribution in [0.15, 0.2) is 24.5 Å². The van der Waals surface area contributed by atoms with E-state index in [1.807, 2.05) is 12.1 Å². The lowest BCUT2D eigenvalue weighted by atomic mass is 9.76. The Balaban J connectivity index is 1.46. The van der Waals surface area contributed by atoms with Crippen LogP contribution in [0.2, 0.25) is 10.0 Å². The topological polar surface area (TPSA) is 70.7 Å². The molecule has 2 fully saturated rings. The van der Waals surface area contributed by atoms with Crippen LogP contribution in [0, 0.1) is 5.92 Å². The van der Waals surface area contributed by atoms with Crippen molar-refractivity contribution in [3.05, 3.63) is 46.0 Å². The highest BCUT2D eigenvalue weighted by molar-refractivity contribution is 6.42. The molecule has 2 aliphatic carbocycles. The quantitative estimate of drug-likeness (QED) is 0.887. The SMILES string of the molecule is O=C(NC1(c2ncn[nH]2)CCC1)[C@@H]1C[C@H]1c1ccc(Cl)c(Cl)c1. The maximum absolute atomic E-state index is 12.6. The van der Waals surface area contributed by atoms with E-state index < -0.39 is 0 Å². The minimum atomic E-state index is -0.363. The van der Waals surface area contributed by atoms with Gasteiger partial charge in [0.1, 0.15) is 12.2 Å². The molecule has 1 heterocycles. The first-order valence-corrected chi connectivity index (χ1v) is 8.47. The monoisotopic (exact) mass is 350 g/mol. The molecule has 2 N–H and O–H groups in total. The van der Waals surface area contributed by atoms with Crippen molar-refractivity contribution in [1.29, 1.82) is 0 Å². The Labute approximate surface area is 143 Å². The van der Waals surface area contributed by atoms with Gasteiger partial charge >= 0.3 is 0 Å². The van der Waals surface area contributed by atoms with Crippen molar-refractivity contribution in [2.24, 2.45) is 5.92 Å². The van der Waals surface area contributed by atoms with Gasteiger partial charge in [0.05, 0.1) is 15.6 Å². The molecule has 1 aromatic heterocycles. The second kappa shape index (κ2) is 5.49. The molecule has 2 atom stereocenters. The Morgan fingerprint density at radius 3 is 2.74 bits per heavy atom. The third kappa shape index (κ3) is 2.62. The summed E-state index contributed by atoms with van der Waals surface area (Å²) in [5, 5.41) is 11.1. The molecule has 1 aromatic carbocycles. The molecule has 2 saturated carbocycles. The molecule has 2 aliphatic rings. The van der Waals surface area contributed by atoms with Gasteiger partial charge in [0.2, 0.25) is 5.91 Å². The third-order valence-electron chi connectivity index (χ3n) is 4.94. The fourth-order valence-electron chi connectivity index (χ4n) is 3.31. The Hall–Kier alpha value is -1.59. The predicted octanol–water partition coefficient (Wildman–Crippen LogP) is 3.41. The lowest BCUT2D eigenvalue weighted by Gasteiger charge is -2.40. The highest BCUT2D eigenvalue weighted by Crippen LogP contribution is 2.50. The van der Waals surface area contributed by atoms with Crippen LogP contribution in [0.1, 0.15) is 43.0 Å². The molecule has 0 aliphatic heterocycles.